The molecular weight excluding hydrogens is 252 g/mol. The van der Waals surface area contributed by atoms with Gasteiger partial charge in [0, 0.05) is 12.6 Å². The van der Waals surface area contributed by atoms with E-state index in [0.29, 0.717) is 13.3 Å². The van der Waals surface area contributed by atoms with Crippen LogP contribution in [0.5, 0.6) is 11.5 Å². The molecular formula is C16H22N2O2. The van der Waals surface area contributed by atoms with E-state index in [2.05, 4.69) is 17.5 Å². The van der Waals surface area contributed by atoms with Gasteiger partial charge in [-0.1, -0.05) is 17.7 Å². The molecule has 20 heavy (non-hydrogen) atoms. The molecule has 3 rings (SSSR count). The summed E-state index contributed by atoms with van der Waals surface area (Å²) < 4.78 is 10.8. The fourth-order valence-corrected chi connectivity index (χ4v) is 2.84. The maximum Gasteiger partial charge on any atom is 0.231 e. The molecule has 1 atom stereocenters. The highest BCUT2D eigenvalue weighted by atomic mass is 16.7. The van der Waals surface area contributed by atoms with Gasteiger partial charge in [-0.05, 0) is 49.9 Å². The quantitative estimate of drug-likeness (QED) is 0.783. The molecule has 2 aliphatic rings. The molecule has 1 aromatic rings. The summed E-state index contributed by atoms with van der Waals surface area (Å²) in [5.41, 5.74) is 8.64. The van der Waals surface area contributed by atoms with E-state index in [0.717, 1.165) is 30.0 Å². The van der Waals surface area contributed by atoms with Crippen LogP contribution in [0.2, 0.25) is 0 Å². The molecule has 0 bridgehead atoms. The third-order valence-corrected chi connectivity index (χ3v) is 4.01. The van der Waals surface area contributed by atoms with Crippen molar-refractivity contribution in [3.05, 3.63) is 35.4 Å². The molecule has 1 aliphatic carbocycles. The summed E-state index contributed by atoms with van der Waals surface area (Å²) in [4.78, 5) is 0. The predicted molar refractivity (Wildman–Crippen MR) is 78.9 cm³/mol. The van der Waals surface area contributed by atoms with Gasteiger partial charge in [0.1, 0.15) is 0 Å². The van der Waals surface area contributed by atoms with Gasteiger partial charge in [0.2, 0.25) is 6.79 Å². The summed E-state index contributed by atoms with van der Waals surface area (Å²) in [7, 11) is 0. The molecule has 4 nitrogen and oxygen atoms in total. The lowest BCUT2D eigenvalue weighted by Gasteiger charge is -2.18. The van der Waals surface area contributed by atoms with Crippen molar-refractivity contribution in [3.8, 4) is 11.5 Å². The average Bonchev–Trinajstić information content (AvgIpc) is 3.13. The van der Waals surface area contributed by atoms with Gasteiger partial charge >= 0.3 is 0 Å². The molecule has 1 unspecified atom stereocenters. The van der Waals surface area contributed by atoms with Crippen molar-refractivity contribution in [2.24, 2.45) is 5.73 Å². The first kappa shape index (κ1) is 13.5. The molecule has 0 saturated heterocycles. The number of benzene rings is 1. The van der Waals surface area contributed by atoms with Crippen molar-refractivity contribution in [1.82, 2.24) is 5.32 Å². The van der Waals surface area contributed by atoms with Gasteiger partial charge < -0.3 is 20.5 Å². The number of nitrogens with one attached hydrogen (secondary N) is 1. The van der Waals surface area contributed by atoms with Crippen LogP contribution in [0.4, 0.5) is 0 Å². The third-order valence-electron chi connectivity index (χ3n) is 4.01. The zero-order chi connectivity index (χ0) is 13.8. The van der Waals surface area contributed by atoms with E-state index in [1.807, 2.05) is 12.1 Å². The molecule has 1 aliphatic heterocycles. The van der Waals surface area contributed by atoms with Crippen LogP contribution in [0.25, 0.3) is 0 Å². The fourth-order valence-electron chi connectivity index (χ4n) is 2.84. The topological polar surface area (TPSA) is 56.5 Å². The Kier molecular flexibility index (Phi) is 4.23. The Bertz CT molecular complexity index is 499. The molecule has 1 aromatic carbocycles. The van der Waals surface area contributed by atoms with Gasteiger partial charge in [0.15, 0.2) is 11.5 Å². The van der Waals surface area contributed by atoms with Gasteiger partial charge in [-0.25, -0.2) is 0 Å². The largest absolute Gasteiger partial charge is 0.454 e. The van der Waals surface area contributed by atoms with E-state index in [1.165, 1.54) is 19.3 Å². The van der Waals surface area contributed by atoms with Crippen LogP contribution in [0, 0.1) is 0 Å². The summed E-state index contributed by atoms with van der Waals surface area (Å²) in [6.07, 6.45) is 7.33. The highest BCUT2D eigenvalue weighted by molar-refractivity contribution is 5.45. The van der Waals surface area contributed by atoms with Crippen LogP contribution >= 0.6 is 0 Å². The Morgan fingerprint density at radius 2 is 2.15 bits per heavy atom. The predicted octanol–water partition coefficient (Wildman–Crippen LogP) is 2.51. The highest BCUT2D eigenvalue weighted by Gasteiger charge is 2.17. The molecule has 108 valence electrons. The Hall–Kier alpha value is -1.52. The maximum absolute atomic E-state index is 5.90. The van der Waals surface area contributed by atoms with Crippen molar-refractivity contribution >= 4 is 0 Å². The lowest BCUT2D eigenvalue weighted by atomic mass is 10.1. The summed E-state index contributed by atoms with van der Waals surface area (Å²) in [6, 6.07) is 6.22. The number of nitrogens with two attached hydrogens (primary N) is 1. The van der Waals surface area contributed by atoms with Crippen LogP contribution in [-0.2, 0) is 0 Å². The van der Waals surface area contributed by atoms with Crippen molar-refractivity contribution in [2.45, 2.75) is 31.7 Å². The standard InChI is InChI=1S/C16H22N2O2/c17-10-14(18-8-7-12-3-1-2-4-12)13-5-6-15-16(9-13)20-11-19-15/h3,5-6,9,14,18H,1-2,4,7-8,10-11,17H2. The molecule has 0 saturated carbocycles. The monoisotopic (exact) mass is 274 g/mol. The first-order valence-electron chi connectivity index (χ1n) is 7.38. The molecule has 0 aromatic heterocycles. The zero-order valence-electron chi connectivity index (χ0n) is 11.7. The summed E-state index contributed by atoms with van der Waals surface area (Å²) in [5, 5.41) is 3.54. The van der Waals surface area contributed by atoms with Crippen LogP contribution in [0.1, 0.15) is 37.3 Å². The molecule has 1 heterocycles. The van der Waals surface area contributed by atoms with Crippen LogP contribution < -0.4 is 20.5 Å². The molecule has 0 radical (unpaired) electrons. The smallest absolute Gasteiger partial charge is 0.231 e. The average molecular weight is 274 g/mol. The first-order valence-corrected chi connectivity index (χ1v) is 7.38. The second-order valence-corrected chi connectivity index (χ2v) is 5.36. The summed E-state index contributed by atoms with van der Waals surface area (Å²) in [6.45, 7) is 1.87. The van der Waals surface area contributed by atoms with Crippen molar-refractivity contribution in [1.29, 1.82) is 0 Å². The summed E-state index contributed by atoms with van der Waals surface area (Å²) >= 11 is 0. The van der Waals surface area contributed by atoms with E-state index in [4.69, 9.17) is 15.2 Å². The van der Waals surface area contributed by atoms with Crippen molar-refractivity contribution in [2.75, 3.05) is 19.9 Å². The van der Waals surface area contributed by atoms with Crippen molar-refractivity contribution in [3.63, 3.8) is 0 Å². The van der Waals surface area contributed by atoms with Crippen molar-refractivity contribution < 1.29 is 9.47 Å². The van der Waals surface area contributed by atoms with Crippen LogP contribution in [-0.4, -0.2) is 19.9 Å². The van der Waals surface area contributed by atoms with Gasteiger partial charge in [0.05, 0.1) is 0 Å². The van der Waals surface area contributed by atoms with E-state index < -0.39 is 0 Å². The SMILES string of the molecule is NCC(NCCC1=CCCC1)c1ccc2c(c1)OCO2. The molecule has 3 N–H and O–H groups in total. The highest BCUT2D eigenvalue weighted by Crippen LogP contribution is 2.34. The number of hydrogen-bond donors (Lipinski definition) is 2. The lowest BCUT2D eigenvalue weighted by molar-refractivity contribution is 0.174. The van der Waals surface area contributed by atoms with Gasteiger partial charge in [0.25, 0.3) is 0 Å². The minimum atomic E-state index is 0.173. The molecule has 0 fully saturated rings. The first-order chi connectivity index (χ1) is 9.86. The zero-order valence-corrected chi connectivity index (χ0v) is 11.7. The second-order valence-electron chi connectivity index (χ2n) is 5.36. The van der Waals surface area contributed by atoms with E-state index >= 15 is 0 Å². The maximum atomic E-state index is 5.90. The normalized spacial score (nSPS) is 18.1. The third kappa shape index (κ3) is 2.97. The van der Waals surface area contributed by atoms with Crippen LogP contribution in [0.15, 0.2) is 29.8 Å². The van der Waals surface area contributed by atoms with Crippen LogP contribution in [0.3, 0.4) is 0 Å². The fraction of sp³-hybridized carbons (Fsp3) is 0.500. The van der Waals surface area contributed by atoms with E-state index in [9.17, 15) is 0 Å². The minimum absolute atomic E-state index is 0.173. The number of ether oxygens (including phenoxy) is 2. The molecule has 0 spiro atoms. The Morgan fingerprint density at radius 3 is 2.95 bits per heavy atom. The summed E-state index contributed by atoms with van der Waals surface area (Å²) in [5.74, 6) is 1.64. The van der Waals surface area contributed by atoms with Gasteiger partial charge in [-0.3, -0.25) is 0 Å². The number of rotatable bonds is 6. The van der Waals surface area contributed by atoms with E-state index in [1.54, 1.807) is 5.57 Å². The molecule has 4 heteroatoms. The number of allylic oxidation sites excluding steroid dienone is 1. The second kappa shape index (κ2) is 6.29. The number of fused-ring (bicyclic) bond motifs is 1. The van der Waals surface area contributed by atoms with Gasteiger partial charge in [-0.15, -0.1) is 0 Å². The Balaban J connectivity index is 1.58. The molecule has 0 amide bonds. The van der Waals surface area contributed by atoms with Gasteiger partial charge in [-0.2, -0.15) is 0 Å². The Morgan fingerprint density at radius 1 is 1.25 bits per heavy atom. The lowest BCUT2D eigenvalue weighted by Crippen LogP contribution is -2.29. The van der Waals surface area contributed by atoms with E-state index in [-0.39, 0.29) is 6.04 Å². The minimum Gasteiger partial charge on any atom is -0.454 e. The Labute approximate surface area is 119 Å². The number of hydrogen-bond acceptors (Lipinski definition) is 4.